The highest BCUT2D eigenvalue weighted by molar-refractivity contribution is 6.32. The highest BCUT2D eigenvalue weighted by Crippen LogP contribution is 2.38. The van der Waals surface area contributed by atoms with Crippen LogP contribution >= 0.6 is 0 Å². The lowest BCUT2D eigenvalue weighted by Crippen LogP contribution is -2.19. The van der Waals surface area contributed by atoms with Crippen LogP contribution in [0.25, 0.3) is 16.8 Å². The Morgan fingerprint density at radius 1 is 0.731 bits per heavy atom. The first-order valence-electron chi connectivity index (χ1n) is 8.24. The Bertz CT molecular complexity index is 1240. The maximum absolute atomic E-state index is 13.8. The Kier molecular flexibility index (Phi) is 2.97. The first-order chi connectivity index (χ1) is 12.7. The van der Waals surface area contributed by atoms with Gasteiger partial charge in [-0.1, -0.05) is 42.5 Å². The van der Waals surface area contributed by atoms with Gasteiger partial charge in [0.1, 0.15) is 5.82 Å². The van der Waals surface area contributed by atoms with E-state index in [0.717, 1.165) is 0 Å². The summed E-state index contributed by atoms with van der Waals surface area (Å²) < 4.78 is 15.6. The number of halogens is 1. The molecule has 0 aliphatic heterocycles. The van der Waals surface area contributed by atoms with Crippen molar-refractivity contribution in [2.45, 2.75) is 0 Å². The molecule has 0 saturated carbocycles. The summed E-state index contributed by atoms with van der Waals surface area (Å²) >= 11 is 0. The average molecular weight is 341 g/mol. The first kappa shape index (κ1) is 14.8. The standard InChI is InChI=1S/C22H12FNO2/c23-14-7-5-6-13(12-14)20-19-18(17-10-3-4-11-24(17)20)21(25)15-8-1-2-9-16(15)22(19)26/h1-12H. The first-order valence-corrected chi connectivity index (χ1v) is 8.24. The molecular weight excluding hydrogens is 329 g/mol. The normalized spacial score (nSPS) is 13.0. The van der Waals surface area contributed by atoms with Crippen molar-refractivity contribution in [3.63, 3.8) is 0 Å². The molecule has 1 aliphatic carbocycles. The molecule has 0 saturated heterocycles. The number of nitrogens with zero attached hydrogens (tertiary/aromatic N) is 1. The highest BCUT2D eigenvalue weighted by Gasteiger charge is 2.35. The van der Waals surface area contributed by atoms with Gasteiger partial charge in [0, 0.05) is 22.9 Å². The number of benzene rings is 2. The van der Waals surface area contributed by atoms with Crippen molar-refractivity contribution in [3.05, 3.63) is 101 Å². The van der Waals surface area contributed by atoms with Crippen molar-refractivity contribution >= 4 is 17.1 Å². The van der Waals surface area contributed by atoms with Crippen LogP contribution < -0.4 is 0 Å². The molecule has 0 unspecified atom stereocenters. The predicted octanol–water partition coefficient (Wildman–Crippen LogP) is 4.52. The Labute approximate surface area is 148 Å². The molecule has 124 valence electrons. The molecule has 0 amide bonds. The number of pyridine rings is 1. The molecule has 2 aromatic heterocycles. The molecule has 0 atom stereocenters. The number of ketones is 2. The molecule has 4 aromatic rings. The van der Waals surface area contributed by atoms with Crippen molar-refractivity contribution in [2.24, 2.45) is 0 Å². The molecule has 0 fully saturated rings. The average Bonchev–Trinajstić information content (AvgIpc) is 3.02. The van der Waals surface area contributed by atoms with E-state index in [1.807, 2.05) is 12.1 Å². The molecule has 3 nitrogen and oxygen atoms in total. The van der Waals surface area contributed by atoms with Gasteiger partial charge >= 0.3 is 0 Å². The summed E-state index contributed by atoms with van der Waals surface area (Å²) in [5.74, 6) is -0.781. The fourth-order valence-electron chi connectivity index (χ4n) is 3.73. The van der Waals surface area contributed by atoms with E-state index in [0.29, 0.717) is 39.0 Å². The van der Waals surface area contributed by atoms with E-state index in [-0.39, 0.29) is 11.6 Å². The van der Waals surface area contributed by atoms with Crippen LogP contribution in [0.1, 0.15) is 31.8 Å². The van der Waals surface area contributed by atoms with Gasteiger partial charge in [-0.3, -0.25) is 9.59 Å². The zero-order chi connectivity index (χ0) is 17.8. The van der Waals surface area contributed by atoms with E-state index < -0.39 is 5.82 Å². The van der Waals surface area contributed by atoms with Crippen LogP contribution in [-0.2, 0) is 0 Å². The Morgan fingerprint density at radius 2 is 1.42 bits per heavy atom. The molecule has 0 bridgehead atoms. The summed E-state index contributed by atoms with van der Waals surface area (Å²) in [6.07, 6.45) is 1.79. The second-order valence-electron chi connectivity index (χ2n) is 6.27. The van der Waals surface area contributed by atoms with Crippen LogP contribution in [0, 0.1) is 5.82 Å². The predicted molar refractivity (Wildman–Crippen MR) is 96.1 cm³/mol. The SMILES string of the molecule is O=C1c2ccccc2C(=O)c2c1c(-c1cccc(F)c1)n1ccccc21. The lowest BCUT2D eigenvalue weighted by molar-refractivity contribution is 0.0981. The van der Waals surface area contributed by atoms with E-state index in [1.165, 1.54) is 12.1 Å². The summed E-state index contributed by atoms with van der Waals surface area (Å²) in [6, 6.07) is 18.4. The molecule has 0 radical (unpaired) electrons. The summed E-state index contributed by atoms with van der Waals surface area (Å²) in [5.41, 5.74) is 3.27. The van der Waals surface area contributed by atoms with Gasteiger partial charge in [0.05, 0.1) is 22.3 Å². The lowest BCUT2D eigenvalue weighted by Gasteiger charge is -2.15. The summed E-state index contributed by atoms with van der Waals surface area (Å²) in [6.45, 7) is 0. The molecule has 4 heteroatoms. The van der Waals surface area contributed by atoms with Crippen molar-refractivity contribution in [3.8, 4) is 11.3 Å². The monoisotopic (exact) mass is 341 g/mol. The Hall–Kier alpha value is -3.53. The van der Waals surface area contributed by atoms with Gasteiger partial charge in [0.2, 0.25) is 0 Å². The fourth-order valence-corrected chi connectivity index (χ4v) is 3.73. The highest BCUT2D eigenvalue weighted by atomic mass is 19.1. The van der Waals surface area contributed by atoms with E-state index >= 15 is 0 Å². The molecule has 5 rings (SSSR count). The van der Waals surface area contributed by atoms with Crippen LogP contribution in [0.4, 0.5) is 4.39 Å². The van der Waals surface area contributed by atoms with Crippen LogP contribution in [0.15, 0.2) is 72.9 Å². The van der Waals surface area contributed by atoms with Gasteiger partial charge < -0.3 is 4.40 Å². The quantitative estimate of drug-likeness (QED) is 0.450. The van der Waals surface area contributed by atoms with E-state index in [1.54, 1.807) is 53.1 Å². The van der Waals surface area contributed by atoms with Gasteiger partial charge in [0.15, 0.2) is 11.6 Å². The van der Waals surface area contributed by atoms with Crippen molar-refractivity contribution in [1.29, 1.82) is 0 Å². The van der Waals surface area contributed by atoms with Gasteiger partial charge in [-0.15, -0.1) is 0 Å². The summed E-state index contributed by atoms with van der Waals surface area (Å²) in [4.78, 5) is 26.4. The topological polar surface area (TPSA) is 38.5 Å². The third-order valence-electron chi connectivity index (χ3n) is 4.81. The number of hydrogen-bond acceptors (Lipinski definition) is 2. The number of fused-ring (bicyclic) bond motifs is 4. The minimum absolute atomic E-state index is 0.179. The van der Waals surface area contributed by atoms with Crippen molar-refractivity contribution < 1.29 is 14.0 Å². The number of carbonyl (C=O) groups excluding carboxylic acids is 2. The summed E-state index contributed by atoms with van der Waals surface area (Å²) in [7, 11) is 0. The number of hydrogen-bond donors (Lipinski definition) is 0. The van der Waals surface area contributed by atoms with Crippen LogP contribution in [0.3, 0.4) is 0 Å². The smallest absolute Gasteiger partial charge is 0.196 e. The molecule has 2 heterocycles. The van der Waals surface area contributed by atoms with Crippen LogP contribution in [0.2, 0.25) is 0 Å². The minimum atomic E-state index is -0.392. The Morgan fingerprint density at radius 3 is 2.15 bits per heavy atom. The van der Waals surface area contributed by atoms with Crippen molar-refractivity contribution in [2.75, 3.05) is 0 Å². The molecule has 26 heavy (non-hydrogen) atoms. The number of carbonyl (C=O) groups is 2. The molecule has 0 N–H and O–H groups in total. The Balaban J connectivity index is 1.94. The molecule has 1 aliphatic rings. The number of aromatic nitrogens is 1. The lowest BCUT2D eigenvalue weighted by atomic mass is 9.84. The van der Waals surface area contributed by atoms with Crippen LogP contribution in [-0.4, -0.2) is 16.0 Å². The molecule has 2 aromatic carbocycles. The fraction of sp³-hybridized carbons (Fsp3) is 0. The van der Waals surface area contributed by atoms with E-state index in [2.05, 4.69) is 0 Å². The van der Waals surface area contributed by atoms with Gasteiger partial charge in [-0.05, 0) is 24.3 Å². The molecule has 0 spiro atoms. The third kappa shape index (κ3) is 1.87. The van der Waals surface area contributed by atoms with Crippen LogP contribution in [0.5, 0.6) is 0 Å². The van der Waals surface area contributed by atoms with Gasteiger partial charge in [-0.25, -0.2) is 4.39 Å². The van der Waals surface area contributed by atoms with E-state index in [4.69, 9.17) is 0 Å². The largest absolute Gasteiger partial charge is 0.315 e. The minimum Gasteiger partial charge on any atom is -0.315 e. The second kappa shape index (κ2) is 5.23. The van der Waals surface area contributed by atoms with E-state index in [9.17, 15) is 14.0 Å². The summed E-state index contributed by atoms with van der Waals surface area (Å²) in [5, 5.41) is 0. The van der Waals surface area contributed by atoms with Crippen molar-refractivity contribution in [1.82, 2.24) is 4.40 Å². The molecular formula is C22H12FNO2. The maximum Gasteiger partial charge on any atom is 0.196 e. The second-order valence-corrected chi connectivity index (χ2v) is 6.27. The zero-order valence-corrected chi connectivity index (χ0v) is 13.6. The zero-order valence-electron chi connectivity index (χ0n) is 13.6. The van der Waals surface area contributed by atoms with Gasteiger partial charge in [0.25, 0.3) is 0 Å². The maximum atomic E-state index is 13.8. The van der Waals surface area contributed by atoms with Gasteiger partial charge in [-0.2, -0.15) is 0 Å². The third-order valence-corrected chi connectivity index (χ3v) is 4.81. The number of rotatable bonds is 1.